The summed E-state index contributed by atoms with van der Waals surface area (Å²) in [6, 6.07) is 19.4. The van der Waals surface area contributed by atoms with Crippen molar-refractivity contribution in [2.75, 3.05) is 16.8 Å². The minimum Gasteiger partial charge on any atom is -0.399 e. The second kappa shape index (κ2) is 10.9. The van der Waals surface area contributed by atoms with Gasteiger partial charge in [0.25, 0.3) is 5.91 Å². The number of carbonyl (C=O) groups is 1. The van der Waals surface area contributed by atoms with Gasteiger partial charge >= 0.3 is 0 Å². The molecule has 0 saturated carbocycles. The average molecular weight is 469 g/mol. The largest absolute Gasteiger partial charge is 0.399 e. The van der Waals surface area contributed by atoms with Crippen LogP contribution in [0.25, 0.3) is 16.7 Å². The minimum atomic E-state index is -0.0748. The number of anilines is 2. The predicted molar refractivity (Wildman–Crippen MR) is 143 cm³/mol. The number of carbonyl (C=O) groups excluding carboxylic acids is 1. The van der Waals surface area contributed by atoms with Crippen LogP contribution in [0.15, 0.2) is 72.9 Å². The van der Waals surface area contributed by atoms with Crippen LogP contribution in [0.2, 0.25) is 0 Å². The lowest BCUT2D eigenvalue weighted by atomic mass is 10.1. The number of imidazole rings is 1. The van der Waals surface area contributed by atoms with E-state index in [-0.39, 0.29) is 5.91 Å². The Morgan fingerprint density at radius 2 is 1.86 bits per heavy atom. The monoisotopic (exact) mass is 468 g/mol. The fraction of sp³-hybridized carbons (Fsp3) is 0.250. The van der Waals surface area contributed by atoms with Crippen molar-refractivity contribution < 1.29 is 4.79 Å². The number of nitrogens with two attached hydrogens (primary N) is 1. The second-order valence-electron chi connectivity index (χ2n) is 8.43. The molecule has 0 saturated heterocycles. The maximum atomic E-state index is 13.3. The van der Waals surface area contributed by atoms with Crippen molar-refractivity contribution >= 4 is 34.1 Å². The Hall–Kier alpha value is -4.13. The molecule has 7 heteroatoms. The average Bonchev–Trinajstić information content (AvgIpc) is 3.21. The fourth-order valence-electron chi connectivity index (χ4n) is 4.05. The van der Waals surface area contributed by atoms with Gasteiger partial charge in [-0.1, -0.05) is 38.1 Å². The zero-order chi connectivity index (χ0) is 24.8. The number of amides is 1. The van der Waals surface area contributed by atoms with Crippen molar-refractivity contribution in [2.24, 2.45) is 12.8 Å². The molecule has 0 aliphatic carbocycles. The van der Waals surface area contributed by atoms with E-state index in [0.717, 1.165) is 46.6 Å². The first-order valence-electron chi connectivity index (χ1n) is 12.0. The number of hydrogen-bond acceptors (Lipinski definition) is 5. The van der Waals surface area contributed by atoms with Gasteiger partial charge in [0.2, 0.25) is 0 Å². The molecular weight excluding hydrogens is 436 g/mol. The van der Waals surface area contributed by atoms with Crippen molar-refractivity contribution in [3.05, 3.63) is 89.9 Å². The molecule has 0 atom stereocenters. The Morgan fingerprint density at radius 1 is 1.09 bits per heavy atom. The van der Waals surface area contributed by atoms with Crippen molar-refractivity contribution in [3.8, 4) is 0 Å². The highest BCUT2D eigenvalue weighted by atomic mass is 16.2. The van der Waals surface area contributed by atoms with Crippen LogP contribution in [0.3, 0.4) is 0 Å². The standard InChI is InChI=1S/C28H32N6O/c1-4-8-23(29)20-10-13-22(14-11-20)31-19-27-32-24-18-21(12-15-25(24)33(27)3)28(35)34(17-5-2)26-9-6-7-16-30-26/h6-16,18,31H,4-5,17,19,29H2,1-3H3/b23-8-. The van der Waals surface area contributed by atoms with Crippen molar-refractivity contribution in [1.82, 2.24) is 14.5 Å². The van der Waals surface area contributed by atoms with Crippen LogP contribution in [0.5, 0.6) is 0 Å². The number of allylic oxidation sites excluding steroid dienone is 1. The van der Waals surface area contributed by atoms with E-state index in [9.17, 15) is 4.79 Å². The third-order valence-electron chi connectivity index (χ3n) is 5.93. The van der Waals surface area contributed by atoms with E-state index in [2.05, 4.69) is 28.7 Å². The number of aromatic nitrogens is 3. The zero-order valence-electron chi connectivity index (χ0n) is 20.5. The maximum Gasteiger partial charge on any atom is 0.259 e. The number of nitrogens with zero attached hydrogens (tertiary/aromatic N) is 4. The first kappa shape index (κ1) is 24.0. The minimum absolute atomic E-state index is 0.0748. The topological polar surface area (TPSA) is 89.1 Å². The van der Waals surface area contributed by atoms with Crippen LogP contribution < -0.4 is 16.0 Å². The van der Waals surface area contributed by atoms with Gasteiger partial charge in [-0.15, -0.1) is 0 Å². The van der Waals surface area contributed by atoms with Crippen LogP contribution in [0.1, 0.15) is 48.4 Å². The van der Waals surface area contributed by atoms with Gasteiger partial charge in [0.1, 0.15) is 11.6 Å². The summed E-state index contributed by atoms with van der Waals surface area (Å²) >= 11 is 0. The molecule has 2 aromatic heterocycles. The van der Waals surface area contributed by atoms with E-state index in [1.165, 1.54) is 0 Å². The summed E-state index contributed by atoms with van der Waals surface area (Å²) in [6.07, 6.45) is 5.47. The van der Waals surface area contributed by atoms with E-state index < -0.39 is 0 Å². The van der Waals surface area contributed by atoms with Crippen LogP contribution >= 0.6 is 0 Å². The number of rotatable bonds is 9. The molecule has 3 N–H and O–H groups in total. The lowest BCUT2D eigenvalue weighted by Gasteiger charge is -2.21. The summed E-state index contributed by atoms with van der Waals surface area (Å²) in [4.78, 5) is 24.2. The molecule has 2 aromatic carbocycles. The second-order valence-corrected chi connectivity index (χ2v) is 8.43. The number of nitrogens with one attached hydrogen (secondary N) is 1. The van der Waals surface area contributed by atoms with Crippen molar-refractivity contribution in [1.29, 1.82) is 0 Å². The number of hydrogen-bond donors (Lipinski definition) is 2. The quantitative estimate of drug-likeness (QED) is 0.346. The molecule has 0 bridgehead atoms. The van der Waals surface area contributed by atoms with Gasteiger partial charge in [0.05, 0.1) is 17.6 Å². The highest BCUT2D eigenvalue weighted by molar-refractivity contribution is 6.07. The molecule has 0 spiro atoms. The molecule has 7 nitrogen and oxygen atoms in total. The molecule has 0 radical (unpaired) electrons. The van der Waals surface area contributed by atoms with E-state index in [4.69, 9.17) is 10.7 Å². The van der Waals surface area contributed by atoms with Crippen LogP contribution in [-0.4, -0.2) is 27.0 Å². The molecule has 180 valence electrons. The first-order valence-corrected chi connectivity index (χ1v) is 12.0. The van der Waals surface area contributed by atoms with Gasteiger partial charge in [0, 0.05) is 36.7 Å². The van der Waals surface area contributed by atoms with Crippen LogP contribution in [0.4, 0.5) is 11.5 Å². The predicted octanol–water partition coefficient (Wildman–Crippen LogP) is 5.35. The molecule has 0 unspecified atom stereocenters. The number of pyridine rings is 1. The lowest BCUT2D eigenvalue weighted by Crippen LogP contribution is -2.32. The Bertz CT molecular complexity index is 1330. The first-order chi connectivity index (χ1) is 17.0. The van der Waals surface area contributed by atoms with Gasteiger partial charge in [-0.25, -0.2) is 9.97 Å². The van der Waals surface area contributed by atoms with Crippen molar-refractivity contribution in [2.45, 2.75) is 33.2 Å². The smallest absolute Gasteiger partial charge is 0.259 e. The Labute approximate surface area is 206 Å². The van der Waals surface area contributed by atoms with Crippen LogP contribution in [0, 0.1) is 0 Å². The molecule has 35 heavy (non-hydrogen) atoms. The lowest BCUT2D eigenvalue weighted by molar-refractivity contribution is 0.0986. The third kappa shape index (κ3) is 5.35. The zero-order valence-corrected chi connectivity index (χ0v) is 20.5. The van der Waals surface area contributed by atoms with Gasteiger partial charge in [-0.3, -0.25) is 9.69 Å². The SMILES string of the molecule is CC/C=C(\N)c1ccc(NCc2nc3cc(C(=O)N(CCC)c4ccccn4)ccc3n2C)cc1. The molecule has 0 fully saturated rings. The van der Waals surface area contributed by atoms with Gasteiger partial charge in [-0.2, -0.15) is 0 Å². The van der Waals surface area contributed by atoms with E-state index >= 15 is 0 Å². The summed E-state index contributed by atoms with van der Waals surface area (Å²) < 4.78 is 2.05. The molecular formula is C28H32N6O. The van der Waals surface area contributed by atoms with Crippen LogP contribution in [-0.2, 0) is 13.6 Å². The number of fused-ring (bicyclic) bond motifs is 1. The number of benzene rings is 2. The summed E-state index contributed by atoms with van der Waals surface area (Å²) in [6.45, 7) is 5.28. The molecule has 1 amide bonds. The Morgan fingerprint density at radius 3 is 2.54 bits per heavy atom. The van der Waals surface area contributed by atoms with Gasteiger partial charge in [0.15, 0.2) is 0 Å². The van der Waals surface area contributed by atoms with Crippen molar-refractivity contribution in [3.63, 3.8) is 0 Å². The summed E-state index contributed by atoms with van der Waals surface area (Å²) in [5, 5.41) is 3.43. The molecule has 4 aromatic rings. The molecule has 0 aliphatic rings. The van der Waals surface area contributed by atoms with E-state index in [1.807, 2.05) is 73.8 Å². The fourth-order valence-corrected chi connectivity index (χ4v) is 4.05. The summed E-state index contributed by atoms with van der Waals surface area (Å²) in [5.41, 5.74) is 11.2. The summed E-state index contributed by atoms with van der Waals surface area (Å²) in [7, 11) is 1.99. The molecule has 4 rings (SSSR count). The maximum absolute atomic E-state index is 13.3. The highest BCUT2D eigenvalue weighted by Gasteiger charge is 2.19. The Balaban J connectivity index is 1.52. The Kier molecular flexibility index (Phi) is 7.45. The van der Waals surface area contributed by atoms with Gasteiger partial charge < -0.3 is 15.6 Å². The molecule has 0 aliphatic heterocycles. The van der Waals surface area contributed by atoms with Gasteiger partial charge in [-0.05, 0) is 60.9 Å². The highest BCUT2D eigenvalue weighted by Crippen LogP contribution is 2.21. The normalized spacial score (nSPS) is 11.6. The molecule has 2 heterocycles. The third-order valence-corrected chi connectivity index (χ3v) is 5.93. The summed E-state index contributed by atoms with van der Waals surface area (Å²) in [5.74, 6) is 1.46. The van der Waals surface area contributed by atoms with E-state index in [1.54, 1.807) is 11.1 Å². The van der Waals surface area contributed by atoms with E-state index in [0.29, 0.717) is 24.5 Å². The number of aryl methyl sites for hydroxylation is 1.